The number of nitrogens with two attached hydrogens (primary N) is 1. The monoisotopic (exact) mass is 259 g/mol. The molecule has 0 spiro atoms. The standard InChI is InChI=1S/C10H15F2N5O/c11-7(12)6-18-10-15-8(13)14-9(16-10)17-4-2-1-3-5-17/h7H,1-6H2,(H2,13,14,15,16). The number of nitrogens with zero attached hydrogens (tertiary/aromatic N) is 4. The Morgan fingerprint density at radius 2 is 1.89 bits per heavy atom. The topological polar surface area (TPSA) is 77.2 Å². The van der Waals surface area contributed by atoms with E-state index in [2.05, 4.69) is 15.0 Å². The quantitative estimate of drug-likeness (QED) is 0.872. The number of anilines is 2. The Balaban J connectivity index is 2.09. The Bertz CT molecular complexity index is 398. The van der Waals surface area contributed by atoms with Gasteiger partial charge in [-0.25, -0.2) is 8.78 Å². The molecule has 100 valence electrons. The van der Waals surface area contributed by atoms with Crippen LogP contribution in [0.15, 0.2) is 0 Å². The first-order valence-corrected chi connectivity index (χ1v) is 5.82. The molecule has 0 bridgehead atoms. The highest BCUT2D eigenvalue weighted by atomic mass is 19.3. The minimum atomic E-state index is -2.57. The molecule has 0 atom stereocenters. The molecule has 0 amide bonds. The number of aromatic nitrogens is 3. The number of hydrogen-bond acceptors (Lipinski definition) is 6. The van der Waals surface area contributed by atoms with Crippen molar-refractivity contribution in [3.8, 4) is 6.01 Å². The Kier molecular flexibility index (Phi) is 4.06. The Hall–Kier alpha value is -1.73. The molecule has 2 rings (SSSR count). The highest BCUT2D eigenvalue weighted by Crippen LogP contribution is 2.18. The molecular formula is C10H15F2N5O. The molecular weight excluding hydrogens is 244 g/mol. The SMILES string of the molecule is Nc1nc(OCC(F)F)nc(N2CCCCC2)n1. The molecule has 0 aromatic carbocycles. The second kappa shape index (κ2) is 5.74. The number of rotatable bonds is 4. The van der Waals surface area contributed by atoms with Gasteiger partial charge in [0.05, 0.1) is 0 Å². The van der Waals surface area contributed by atoms with Crippen molar-refractivity contribution in [2.24, 2.45) is 0 Å². The van der Waals surface area contributed by atoms with E-state index in [9.17, 15) is 8.78 Å². The Morgan fingerprint density at radius 1 is 1.17 bits per heavy atom. The first-order valence-electron chi connectivity index (χ1n) is 5.82. The summed E-state index contributed by atoms with van der Waals surface area (Å²) in [5, 5.41) is 0. The minimum absolute atomic E-state index is 0.0187. The van der Waals surface area contributed by atoms with E-state index in [1.807, 2.05) is 4.90 Å². The summed E-state index contributed by atoms with van der Waals surface area (Å²) in [7, 11) is 0. The average Bonchev–Trinajstić information content (AvgIpc) is 2.37. The fourth-order valence-corrected chi connectivity index (χ4v) is 1.80. The first kappa shape index (κ1) is 12.7. The number of halogens is 2. The third kappa shape index (κ3) is 3.38. The third-order valence-electron chi connectivity index (χ3n) is 2.60. The van der Waals surface area contributed by atoms with Gasteiger partial charge in [-0.3, -0.25) is 0 Å². The van der Waals surface area contributed by atoms with Crippen LogP contribution in [-0.4, -0.2) is 41.1 Å². The summed E-state index contributed by atoms with van der Waals surface area (Å²) < 4.78 is 28.8. The number of piperidine rings is 1. The molecule has 2 N–H and O–H groups in total. The molecule has 1 saturated heterocycles. The lowest BCUT2D eigenvalue weighted by Crippen LogP contribution is -2.31. The van der Waals surface area contributed by atoms with Crippen molar-refractivity contribution in [1.82, 2.24) is 15.0 Å². The molecule has 0 radical (unpaired) electrons. The van der Waals surface area contributed by atoms with Gasteiger partial charge in [-0.05, 0) is 19.3 Å². The summed E-state index contributed by atoms with van der Waals surface area (Å²) in [6.07, 6.45) is 0.713. The van der Waals surface area contributed by atoms with Crippen LogP contribution in [0.5, 0.6) is 6.01 Å². The lowest BCUT2D eigenvalue weighted by Gasteiger charge is -2.26. The van der Waals surface area contributed by atoms with E-state index >= 15 is 0 Å². The number of hydrogen-bond donors (Lipinski definition) is 1. The summed E-state index contributed by atoms with van der Waals surface area (Å²) in [6, 6.07) is -0.150. The van der Waals surface area contributed by atoms with Crippen molar-refractivity contribution in [3.63, 3.8) is 0 Å². The van der Waals surface area contributed by atoms with Gasteiger partial charge in [-0.2, -0.15) is 15.0 Å². The molecule has 1 fully saturated rings. The van der Waals surface area contributed by atoms with Crippen molar-refractivity contribution in [1.29, 1.82) is 0 Å². The Morgan fingerprint density at radius 3 is 2.56 bits per heavy atom. The van der Waals surface area contributed by atoms with Crippen LogP contribution in [0.25, 0.3) is 0 Å². The van der Waals surface area contributed by atoms with Crippen molar-refractivity contribution in [2.45, 2.75) is 25.7 Å². The van der Waals surface area contributed by atoms with Gasteiger partial charge < -0.3 is 15.4 Å². The second-order valence-corrected chi connectivity index (χ2v) is 4.03. The van der Waals surface area contributed by atoms with Crippen molar-refractivity contribution >= 4 is 11.9 Å². The van der Waals surface area contributed by atoms with Crippen molar-refractivity contribution < 1.29 is 13.5 Å². The molecule has 1 aliphatic heterocycles. The molecule has 1 aromatic rings. The fraction of sp³-hybridized carbons (Fsp3) is 0.700. The van der Waals surface area contributed by atoms with Crippen LogP contribution in [0.4, 0.5) is 20.7 Å². The summed E-state index contributed by atoms with van der Waals surface area (Å²) >= 11 is 0. The lowest BCUT2D eigenvalue weighted by molar-refractivity contribution is 0.0770. The molecule has 0 aliphatic carbocycles. The number of nitrogen functional groups attached to an aromatic ring is 1. The molecule has 2 heterocycles. The van der Waals surface area contributed by atoms with E-state index in [0.717, 1.165) is 25.9 Å². The summed E-state index contributed by atoms with van der Waals surface area (Å²) in [6.45, 7) is 0.915. The second-order valence-electron chi connectivity index (χ2n) is 4.03. The molecule has 0 unspecified atom stereocenters. The third-order valence-corrected chi connectivity index (χ3v) is 2.60. The molecule has 18 heavy (non-hydrogen) atoms. The predicted molar refractivity (Wildman–Crippen MR) is 61.8 cm³/mol. The van der Waals surface area contributed by atoms with Crippen LogP contribution >= 0.6 is 0 Å². The smallest absolute Gasteiger partial charge is 0.323 e. The maximum absolute atomic E-state index is 12.0. The molecule has 1 aliphatic rings. The first-order chi connectivity index (χ1) is 8.65. The zero-order chi connectivity index (χ0) is 13.0. The van der Waals surface area contributed by atoms with Gasteiger partial charge >= 0.3 is 6.01 Å². The summed E-state index contributed by atoms with van der Waals surface area (Å²) in [4.78, 5) is 13.6. The average molecular weight is 259 g/mol. The largest absolute Gasteiger partial charge is 0.457 e. The summed E-state index contributed by atoms with van der Waals surface area (Å²) in [5.74, 6) is 0.376. The van der Waals surface area contributed by atoms with Gasteiger partial charge in [0.1, 0.15) is 0 Å². The molecule has 6 nitrogen and oxygen atoms in total. The maximum Gasteiger partial charge on any atom is 0.323 e. The summed E-state index contributed by atoms with van der Waals surface area (Å²) in [5.41, 5.74) is 5.52. The normalized spacial score (nSPS) is 16.1. The van der Waals surface area contributed by atoms with Gasteiger partial charge in [0.2, 0.25) is 11.9 Å². The van der Waals surface area contributed by atoms with E-state index in [1.165, 1.54) is 6.42 Å². The minimum Gasteiger partial charge on any atom is -0.457 e. The van der Waals surface area contributed by atoms with E-state index in [-0.39, 0.29) is 12.0 Å². The van der Waals surface area contributed by atoms with Gasteiger partial charge in [0.15, 0.2) is 6.61 Å². The maximum atomic E-state index is 12.0. The van der Waals surface area contributed by atoms with Crippen molar-refractivity contribution in [2.75, 3.05) is 30.3 Å². The van der Waals surface area contributed by atoms with Crippen LogP contribution in [0, 0.1) is 0 Å². The van der Waals surface area contributed by atoms with Crippen LogP contribution in [-0.2, 0) is 0 Å². The van der Waals surface area contributed by atoms with Gasteiger partial charge in [-0.15, -0.1) is 0 Å². The van der Waals surface area contributed by atoms with E-state index in [1.54, 1.807) is 0 Å². The van der Waals surface area contributed by atoms with Gasteiger partial charge in [0.25, 0.3) is 6.43 Å². The Labute approximate surface area is 103 Å². The molecule has 0 saturated carbocycles. The predicted octanol–water partition coefficient (Wildman–Crippen LogP) is 1.09. The zero-order valence-corrected chi connectivity index (χ0v) is 9.85. The van der Waals surface area contributed by atoms with Crippen molar-refractivity contribution in [3.05, 3.63) is 0 Å². The molecule has 8 heteroatoms. The van der Waals surface area contributed by atoms with E-state index in [0.29, 0.717) is 5.95 Å². The zero-order valence-electron chi connectivity index (χ0n) is 9.85. The van der Waals surface area contributed by atoms with Crippen LogP contribution in [0.1, 0.15) is 19.3 Å². The highest BCUT2D eigenvalue weighted by molar-refractivity contribution is 5.36. The van der Waals surface area contributed by atoms with Gasteiger partial charge in [-0.1, -0.05) is 0 Å². The van der Waals surface area contributed by atoms with E-state index < -0.39 is 13.0 Å². The number of ether oxygens (including phenoxy) is 1. The number of alkyl halides is 2. The van der Waals surface area contributed by atoms with E-state index in [4.69, 9.17) is 10.5 Å². The fourth-order valence-electron chi connectivity index (χ4n) is 1.80. The highest BCUT2D eigenvalue weighted by Gasteiger charge is 2.16. The van der Waals surface area contributed by atoms with Crippen LogP contribution < -0.4 is 15.4 Å². The lowest BCUT2D eigenvalue weighted by atomic mass is 10.1. The van der Waals surface area contributed by atoms with Crippen LogP contribution in [0.2, 0.25) is 0 Å². The van der Waals surface area contributed by atoms with Crippen LogP contribution in [0.3, 0.4) is 0 Å². The van der Waals surface area contributed by atoms with Gasteiger partial charge in [0, 0.05) is 13.1 Å². The molecule has 1 aromatic heterocycles.